The second-order valence-electron chi connectivity index (χ2n) is 6.76. The van der Waals surface area contributed by atoms with Gasteiger partial charge in [-0.1, -0.05) is 19.1 Å². The van der Waals surface area contributed by atoms with Gasteiger partial charge in [-0.05, 0) is 5.92 Å². The number of aromatic nitrogens is 3. The lowest BCUT2D eigenvalue weighted by Crippen LogP contribution is -2.51. The predicted octanol–water partition coefficient (Wildman–Crippen LogP) is -0.547. The van der Waals surface area contributed by atoms with Gasteiger partial charge in [0.25, 0.3) is 5.91 Å². The summed E-state index contributed by atoms with van der Waals surface area (Å²) < 4.78 is 6.77. The van der Waals surface area contributed by atoms with Crippen LogP contribution in [-0.4, -0.2) is 89.6 Å². The van der Waals surface area contributed by atoms with E-state index < -0.39 is 0 Å². The van der Waals surface area contributed by atoms with Crippen molar-refractivity contribution < 1.29 is 14.3 Å². The number of rotatable bonds is 7. The second-order valence-corrected chi connectivity index (χ2v) is 6.76. The van der Waals surface area contributed by atoms with Gasteiger partial charge in [-0.15, -0.1) is 5.10 Å². The summed E-state index contributed by atoms with van der Waals surface area (Å²) in [7, 11) is 3.34. The lowest BCUT2D eigenvalue weighted by molar-refractivity contribution is -0.129. The summed E-state index contributed by atoms with van der Waals surface area (Å²) in [6.07, 6.45) is 1.50. The van der Waals surface area contributed by atoms with Crippen LogP contribution in [0.5, 0.6) is 0 Å². The van der Waals surface area contributed by atoms with Crippen molar-refractivity contribution in [1.29, 1.82) is 0 Å². The van der Waals surface area contributed by atoms with Crippen molar-refractivity contribution in [2.45, 2.75) is 26.4 Å². The minimum Gasteiger partial charge on any atom is -0.379 e. The largest absolute Gasteiger partial charge is 0.379 e. The molecule has 0 aromatic carbocycles. The van der Waals surface area contributed by atoms with Crippen LogP contribution in [0.25, 0.3) is 0 Å². The van der Waals surface area contributed by atoms with Crippen LogP contribution >= 0.6 is 0 Å². The zero-order valence-corrected chi connectivity index (χ0v) is 15.4. The number of hydrogen-bond acceptors (Lipinski definition) is 6. The highest BCUT2D eigenvalue weighted by Crippen LogP contribution is 2.12. The van der Waals surface area contributed by atoms with Gasteiger partial charge in [0.1, 0.15) is 6.54 Å². The third-order valence-electron chi connectivity index (χ3n) is 4.32. The first-order chi connectivity index (χ1) is 11.9. The summed E-state index contributed by atoms with van der Waals surface area (Å²) in [5.41, 5.74) is 0.219. The molecule has 0 aliphatic carbocycles. The van der Waals surface area contributed by atoms with Gasteiger partial charge in [-0.25, -0.2) is 4.68 Å². The number of carbonyl (C=O) groups excluding carboxylic acids is 2. The van der Waals surface area contributed by atoms with E-state index in [0.29, 0.717) is 12.5 Å². The average Bonchev–Trinajstić information content (AvgIpc) is 3.04. The summed E-state index contributed by atoms with van der Waals surface area (Å²) in [5.74, 6) is 0.0262. The first-order valence-electron chi connectivity index (χ1n) is 8.58. The summed E-state index contributed by atoms with van der Waals surface area (Å²) in [4.78, 5) is 27.8. The van der Waals surface area contributed by atoms with Gasteiger partial charge < -0.3 is 15.0 Å². The fourth-order valence-corrected chi connectivity index (χ4v) is 2.74. The van der Waals surface area contributed by atoms with Crippen molar-refractivity contribution >= 4 is 11.8 Å². The number of hydrogen-bond donors (Lipinski definition) is 1. The topological polar surface area (TPSA) is 92.6 Å². The zero-order valence-electron chi connectivity index (χ0n) is 15.4. The van der Waals surface area contributed by atoms with E-state index >= 15 is 0 Å². The minimum atomic E-state index is -0.275. The van der Waals surface area contributed by atoms with Gasteiger partial charge in [0.15, 0.2) is 5.69 Å². The molecule has 9 nitrogen and oxygen atoms in total. The third-order valence-corrected chi connectivity index (χ3v) is 4.32. The highest BCUT2D eigenvalue weighted by atomic mass is 16.5. The summed E-state index contributed by atoms with van der Waals surface area (Å²) in [6, 6.07) is 0.248. The Kier molecular flexibility index (Phi) is 6.89. The van der Waals surface area contributed by atoms with Crippen LogP contribution in [0.4, 0.5) is 0 Å². The van der Waals surface area contributed by atoms with Crippen molar-refractivity contribution in [3.8, 4) is 0 Å². The van der Waals surface area contributed by atoms with Gasteiger partial charge in [-0.2, -0.15) is 0 Å². The SMILES string of the molecule is CC(C)C(CNC(=O)c1cn(CC(=O)N(C)C)nn1)N1CCOCC1. The molecular formula is C16H28N6O3. The van der Waals surface area contributed by atoms with Crippen LogP contribution in [0.1, 0.15) is 24.3 Å². The number of likely N-dealkylation sites (N-methyl/N-ethyl adjacent to an activating group) is 1. The van der Waals surface area contributed by atoms with Crippen molar-refractivity contribution in [2.24, 2.45) is 5.92 Å². The molecule has 0 radical (unpaired) electrons. The number of nitrogens with zero attached hydrogens (tertiary/aromatic N) is 5. The number of nitrogens with one attached hydrogen (secondary N) is 1. The van der Waals surface area contributed by atoms with Gasteiger partial charge >= 0.3 is 0 Å². The van der Waals surface area contributed by atoms with E-state index in [1.165, 1.54) is 15.8 Å². The van der Waals surface area contributed by atoms with Crippen LogP contribution in [0.15, 0.2) is 6.20 Å². The van der Waals surface area contributed by atoms with Gasteiger partial charge in [-0.3, -0.25) is 14.5 Å². The van der Waals surface area contributed by atoms with Crippen LogP contribution in [-0.2, 0) is 16.1 Å². The van der Waals surface area contributed by atoms with E-state index in [-0.39, 0.29) is 30.1 Å². The molecule has 2 amide bonds. The maximum atomic E-state index is 12.3. The highest BCUT2D eigenvalue weighted by Gasteiger charge is 2.24. The maximum Gasteiger partial charge on any atom is 0.273 e. The monoisotopic (exact) mass is 352 g/mol. The standard InChI is InChI=1S/C16H28N6O3/c1-12(2)14(21-5-7-25-8-6-21)9-17-16(24)13-10-22(19-18-13)11-15(23)20(3)4/h10,12,14H,5-9,11H2,1-4H3,(H,17,24). The fourth-order valence-electron chi connectivity index (χ4n) is 2.74. The Morgan fingerprint density at radius 1 is 1.32 bits per heavy atom. The molecule has 1 N–H and O–H groups in total. The Morgan fingerprint density at radius 2 is 2.00 bits per heavy atom. The number of carbonyl (C=O) groups is 2. The Labute approximate surface area is 148 Å². The molecule has 0 spiro atoms. The molecule has 25 heavy (non-hydrogen) atoms. The smallest absolute Gasteiger partial charge is 0.273 e. The predicted molar refractivity (Wildman–Crippen MR) is 92.1 cm³/mol. The molecule has 140 valence electrons. The quantitative estimate of drug-likeness (QED) is 0.708. The summed E-state index contributed by atoms with van der Waals surface area (Å²) in [6.45, 7) is 8.11. The Balaban J connectivity index is 1.90. The normalized spacial score (nSPS) is 16.7. The van der Waals surface area contributed by atoms with Crippen molar-refractivity contribution in [2.75, 3.05) is 46.9 Å². The van der Waals surface area contributed by atoms with Gasteiger partial charge in [0, 0.05) is 39.8 Å². The van der Waals surface area contributed by atoms with Crippen molar-refractivity contribution in [1.82, 2.24) is 30.1 Å². The van der Waals surface area contributed by atoms with Crippen molar-refractivity contribution in [3.05, 3.63) is 11.9 Å². The molecule has 0 bridgehead atoms. The first kappa shape index (κ1) is 19.3. The second kappa shape index (κ2) is 8.91. The molecule has 0 saturated carbocycles. The number of amides is 2. The molecule has 1 aliphatic heterocycles. The van der Waals surface area contributed by atoms with E-state index in [4.69, 9.17) is 4.74 Å². The number of morpholine rings is 1. The molecule has 2 heterocycles. The molecule has 1 atom stereocenters. The molecule has 1 saturated heterocycles. The molecule has 1 fully saturated rings. The van der Waals surface area contributed by atoms with E-state index in [2.05, 4.69) is 34.4 Å². The summed E-state index contributed by atoms with van der Waals surface area (Å²) in [5, 5.41) is 10.6. The molecule has 1 aromatic heterocycles. The summed E-state index contributed by atoms with van der Waals surface area (Å²) >= 11 is 0. The molecule has 9 heteroatoms. The van der Waals surface area contributed by atoms with Crippen LogP contribution < -0.4 is 5.32 Å². The Hall–Kier alpha value is -2.00. The van der Waals surface area contributed by atoms with Crippen LogP contribution in [0.3, 0.4) is 0 Å². The highest BCUT2D eigenvalue weighted by molar-refractivity contribution is 5.91. The molecule has 1 unspecified atom stereocenters. The molecule has 2 rings (SSSR count). The number of ether oxygens (including phenoxy) is 1. The zero-order chi connectivity index (χ0) is 18.4. The fraction of sp³-hybridized carbons (Fsp3) is 0.750. The van der Waals surface area contributed by atoms with Crippen molar-refractivity contribution in [3.63, 3.8) is 0 Å². The Bertz CT molecular complexity index is 580. The lowest BCUT2D eigenvalue weighted by atomic mass is 10.0. The molecule has 1 aliphatic rings. The van der Waals surface area contributed by atoms with Gasteiger partial charge in [0.05, 0.1) is 19.4 Å². The average molecular weight is 352 g/mol. The van der Waals surface area contributed by atoms with E-state index in [0.717, 1.165) is 26.3 Å². The lowest BCUT2D eigenvalue weighted by Gasteiger charge is -2.36. The van der Waals surface area contributed by atoms with Crippen LogP contribution in [0, 0.1) is 5.92 Å². The first-order valence-corrected chi connectivity index (χ1v) is 8.58. The van der Waals surface area contributed by atoms with Crippen LogP contribution in [0.2, 0.25) is 0 Å². The van der Waals surface area contributed by atoms with E-state index in [1.807, 2.05) is 0 Å². The third kappa shape index (κ3) is 5.50. The molecule has 1 aromatic rings. The maximum absolute atomic E-state index is 12.3. The molecular weight excluding hydrogens is 324 g/mol. The van der Waals surface area contributed by atoms with E-state index in [9.17, 15) is 9.59 Å². The Morgan fingerprint density at radius 3 is 2.60 bits per heavy atom. The van der Waals surface area contributed by atoms with Gasteiger partial charge in [0.2, 0.25) is 5.91 Å². The van der Waals surface area contributed by atoms with E-state index in [1.54, 1.807) is 14.1 Å². The minimum absolute atomic E-state index is 0.0652.